The maximum absolute atomic E-state index is 13.7. The van der Waals surface area contributed by atoms with Gasteiger partial charge in [0, 0.05) is 17.7 Å². The second-order valence-corrected chi connectivity index (χ2v) is 8.19. The summed E-state index contributed by atoms with van der Waals surface area (Å²) in [5, 5.41) is 16.5. The van der Waals surface area contributed by atoms with Crippen molar-refractivity contribution < 1.29 is 23.6 Å². The van der Waals surface area contributed by atoms with Crippen molar-refractivity contribution in [1.29, 1.82) is 0 Å². The van der Waals surface area contributed by atoms with Crippen LogP contribution in [0.25, 0.3) is 10.2 Å². The molecule has 5 rings (SSSR count). The number of amides is 1. The van der Waals surface area contributed by atoms with Gasteiger partial charge in [-0.15, -0.1) is 0 Å². The number of fused-ring (bicyclic) bond motifs is 2. The number of carbonyl (C=O) groups excluding carboxylic acids is 1. The van der Waals surface area contributed by atoms with E-state index in [1.54, 1.807) is 18.2 Å². The third-order valence-electron chi connectivity index (χ3n) is 4.93. The molecule has 1 aliphatic rings. The highest BCUT2D eigenvalue weighted by atomic mass is 32.1. The zero-order valence-corrected chi connectivity index (χ0v) is 18.2. The van der Waals surface area contributed by atoms with Gasteiger partial charge in [-0.2, -0.15) is 10.1 Å². The van der Waals surface area contributed by atoms with Crippen LogP contribution in [0.15, 0.2) is 65.8 Å². The lowest BCUT2D eigenvalue weighted by Gasteiger charge is -2.19. The van der Waals surface area contributed by atoms with Crippen molar-refractivity contribution in [2.45, 2.75) is 0 Å². The Morgan fingerprint density at radius 2 is 1.85 bits per heavy atom. The Morgan fingerprint density at radius 3 is 2.62 bits per heavy atom. The summed E-state index contributed by atoms with van der Waals surface area (Å²) >= 11 is 1.11. The van der Waals surface area contributed by atoms with Crippen molar-refractivity contribution in [3.63, 3.8) is 0 Å². The van der Waals surface area contributed by atoms with Crippen LogP contribution in [0.2, 0.25) is 0 Å². The first-order valence-electron chi connectivity index (χ1n) is 10.1. The second-order valence-electron chi connectivity index (χ2n) is 7.18. The number of thiazole rings is 1. The molecule has 3 aromatic carbocycles. The van der Waals surface area contributed by atoms with E-state index in [4.69, 9.17) is 9.47 Å². The van der Waals surface area contributed by atoms with Gasteiger partial charge in [-0.1, -0.05) is 11.3 Å². The monoisotopic (exact) mass is 478 g/mol. The fourth-order valence-electron chi connectivity index (χ4n) is 3.27. The summed E-state index contributed by atoms with van der Waals surface area (Å²) in [6.45, 7) is 0.796. The average Bonchev–Trinajstić information content (AvgIpc) is 3.26. The minimum atomic E-state index is -0.501. The molecule has 0 saturated carbocycles. The first kappa shape index (κ1) is 21.5. The Labute approximate surface area is 195 Å². The molecule has 4 aromatic rings. The Morgan fingerprint density at radius 1 is 1.09 bits per heavy atom. The molecule has 1 aromatic heterocycles. The normalized spacial score (nSPS) is 12.7. The first-order valence-corrected chi connectivity index (χ1v) is 10.9. The number of hydrogen-bond acceptors (Lipinski definition) is 8. The topological polar surface area (TPSA) is 107 Å². The molecular weight excluding hydrogens is 463 g/mol. The van der Waals surface area contributed by atoms with Crippen LogP contribution in [0.5, 0.6) is 11.5 Å². The van der Waals surface area contributed by atoms with Crippen molar-refractivity contribution in [1.82, 2.24) is 4.98 Å². The number of carbonyl (C=O) groups is 1. The van der Waals surface area contributed by atoms with E-state index in [1.165, 1.54) is 48.7 Å². The highest BCUT2D eigenvalue weighted by molar-refractivity contribution is 7.22. The van der Waals surface area contributed by atoms with E-state index < -0.39 is 16.6 Å². The summed E-state index contributed by atoms with van der Waals surface area (Å²) in [6, 6.07) is 14.7. The van der Waals surface area contributed by atoms with Crippen LogP contribution in [0, 0.1) is 15.9 Å². The molecule has 2 heterocycles. The molecule has 0 unspecified atom stereocenters. The summed E-state index contributed by atoms with van der Waals surface area (Å²) in [7, 11) is 0. The fourth-order valence-corrected chi connectivity index (χ4v) is 4.22. The molecule has 0 bridgehead atoms. The van der Waals surface area contributed by atoms with Crippen LogP contribution >= 0.6 is 11.3 Å². The molecule has 34 heavy (non-hydrogen) atoms. The summed E-state index contributed by atoms with van der Waals surface area (Å²) in [4.78, 5) is 28.3. The van der Waals surface area contributed by atoms with E-state index in [1.807, 2.05) is 0 Å². The molecule has 11 heteroatoms. The molecule has 1 aliphatic heterocycles. The molecule has 170 valence electrons. The molecule has 0 spiro atoms. The summed E-state index contributed by atoms with van der Waals surface area (Å²) < 4.78 is 25.3. The van der Waals surface area contributed by atoms with Crippen LogP contribution in [-0.2, 0) is 0 Å². The van der Waals surface area contributed by atoms with Crippen molar-refractivity contribution in [3.05, 3.63) is 87.7 Å². The average molecular weight is 478 g/mol. The Hall–Kier alpha value is -4.38. The standard InChI is InChI=1S/C23H15FN4O5S/c24-16-4-7-18-21(12-16)34-23(26-18)27(25-13-14-1-5-17(6-2-14)28(30)31)22(29)15-3-8-19-20(11-15)33-10-9-32-19/h1-8,11-13H,9-10H2/b25-13+. The molecule has 0 N–H and O–H groups in total. The molecular formula is C23H15FN4O5S. The molecule has 1 amide bonds. The van der Waals surface area contributed by atoms with Gasteiger partial charge in [-0.25, -0.2) is 9.37 Å². The number of rotatable bonds is 5. The van der Waals surface area contributed by atoms with E-state index in [0.29, 0.717) is 40.5 Å². The van der Waals surface area contributed by atoms with Crippen molar-refractivity contribution in [3.8, 4) is 11.5 Å². The number of hydrogen-bond donors (Lipinski definition) is 0. The third kappa shape index (κ3) is 4.28. The highest BCUT2D eigenvalue weighted by Gasteiger charge is 2.23. The number of anilines is 1. The van der Waals surface area contributed by atoms with Crippen molar-refractivity contribution in [2.24, 2.45) is 5.10 Å². The van der Waals surface area contributed by atoms with Gasteiger partial charge >= 0.3 is 0 Å². The van der Waals surface area contributed by atoms with Crippen LogP contribution < -0.4 is 14.5 Å². The minimum Gasteiger partial charge on any atom is -0.486 e. The fraction of sp³-hybridized carbons (Fsp3) is 0.0870. The number of benzene rings is 3. The van der Waals surface area contributed by atoms with Gasteiger partial charge in [0.15, 0.2) is 11.5 Å². The summed E-state index contributed by atoms with van der Waals surface area (Å²) in [5.74, 6) is 0.0819. The molecule has 0 atom stereocenters. The summed E-state index contributed by atoms with van der Waals surface area (Å²) in [5.41, 5.74) is 1.29. The number of ether oxygens (including phenoxy) is 2. The Bertz CT molecular complexity index is 1440. The molecule has 0 aliphatic carbocycles. The van der Waals surface area contributed by atoms with Crippen molar-refractivity contribution >= 4 is 44.5 Å². The second kappa shape index (κ2) is 8.87. The Kier molecular flexibility index (Phi) is 5.60. The van der Waals surface area contributed by atoms with Gasteiger partial charge in [0.2, 0.25) is 5.13 Å². The summed E-state index contributed by atoms with van der Waals surface area (Å²) in [6.07, 6.45) is 1.40. The number of non-ortho nitro benzene ring substituents is 1. The molecule has 0 fully saturated rings. The van der Waals surface area contributed by atoms with Crippen LogP contribution in [0.4, 0.5) is 15.2 Å². The maximum Gasteiger partial charge on any atom is 0.280 e. The van der Waals surface area contributed by atoms with Gasteiger partial charge in [0.25, 0.3) is 11.6 Å². The zero-order valence-electron chi connectivity index (χ0n) is 17.4. The first-order chi connectivity index (χ1) is 16.5. The zero-order chi connectivity index (χ0) is 23.7. The molecule has 0 saturated heterocycles. The van der Waals surface area contributed by atoms with Gasteiger partial charge in [0.1, 0.15) is 19.0 Å². The van der Waals surface area contributed by atoms with E-state index in [9.17, 15) is 19.3 Å². The van der Waals surface area contributed by atoms with Gasteiger partial charge in [0.05, 0.1) is 21.4 Å². The highest BCUT2D eigenvalue weighted by Crippen LogP contribution is 2.34. The number of hydrazone groups is 1. The Balaban J connectivity index is 1.53. The van der Waals surface area contributed by atoms with Crippen LogP contribution in [0.1, 0.15) is 15.9 Å². The van der Waals surface area contributed by atoms with Crippen LogP contribution in [-0.4, -0.2) is 35.2 Å². The SMILES string of the molecule is O=C(c1ccc2c(c1)OCCO2)N(/N=C/c1ccc([N+](=O)[O-])cc1)c1nc2ccc(F)cc2s1. The van der Waals surface area contributed by atoms with Gasteiger partial charge in [-0.05, 0) is 54.1 Å². The molecule has 0 radical (unpaired) electrons. The third-order valence-corrected chi connectivity index (χ3v) is 5.92. The number of aromatic nitrogens is 1. The predicted octanol–water partition coefficient (Wildman–Crippen LogP) is 4.80. The van der Waals surface area contributed by atoms with Crippen LogP contribution in [0.3, 0.4) is 0 Å². The number of nitrogens with zero attached hydrogens (tertiary/aromatic N) is 4. The maximum atomic E-state index is 13.7. The van der Waals surface area contributed by atoms with E-state index in [-0.39, 0.29) is 16.4 Å². The lowest BCUT2D eigenvalue weighted by atomic mass is 10.2. The van der Waals surface area contributed by atoms with Gasteiger partial charge in [-0.3, -0.25) is 14.9 Å². The van der Waals surface area contributed by atoms with E-state index >= 15 is 0 Å². The number of halogens is 1. The number of nitro groups is 1. The lowest BCUT2D eigenvalue weighted by Crippen LogP contribution is -2.26. The van der Waals surface area contributed by atoms with Crippen molar-refractivity contribution in [2.75, 3.05) is 18.2 Å². The largest absolute Gasteiger partial charge is 0.486 e. The lowest BCUT2D eigenvalue weighted by molar-refractivity contribution is -0.384. The number of nitro benzene ring substituents is 1. The minimum absolute atomic E-state index is 0.0606. The van der Waals surface area contributed by atoms with E-state index in [0.717, 1.165) is 16.3 Å². The van der Waals surface area contributed by atoms with Gasteiger partial charge < -0.3 is 9.47 Å². The molecule has 9 nitrogen and oxygen atoms in total. The van der Waals surface area contributed by atoms with E-state index in [2.05, 4.69) is 10.1 Å². The predicted molar refractivity (Wildman–Crippen MR) is 125 cm³/mol. The smallest absolute Gasteiger partial charge is 0.280 e. The quantitative estimate of drug-likeness (QED) is 0.232.